The number of hydrogen-bond donors (Lipinski definition) is 1. The van der Waals surface area contributed by atoms with Gasteiger partial charge in [0.15, 0.2) is 0 Å². The quantitative estimate of drug-likeness (QED) is 0.235. The fourth-order valence-electron chi connectivity index (χ4n) is 4.32. The van der Waals surface area contributed by atoms with Crippen LogP contribution in [-0.2, 0) is 27.7 Å². The van der Waals surface area contributed by atoms with Crippen molar-refractivity contribution in [3.8, 4) is 17.2 Å². The number of aromatic nitrogens is 2. The fraction of sp³-hybridized carbons (Fsp3) is 0.161. The zero-order valence-electron chi connectivity index (χ0n) is 21.9. The zero-order chi connectivity index (χ0) is 28.0. The number of carbonyl (C=O) groups excluding carboxylic acids is 1. The number of aryl methyl sites for hydroxylation is 1. The van der Waals surface area contributed by atoms with Gasteiger partial charge in [0, 0.05) is 30.8 Å². The fourth-order valence-corrected chi connectivity index (χ4v) is 5.36. The molecule has 0 radical (unpaired) electrons. The third kappa shape index (κ3) is 6.50. The van der Waals surface area contributed by atoms with Gasteiger partial charge in [-0.1, -0.05) is 48.5 Å². The lowest BCUT2D eigenvalue weighted by Gasteiger charge is -2.19. The molecule has 1 atom stereocenters. The number of nitrogens with one attached hydrogen (secondary N) is 1. The molecule has 0 saturated heterocycles. The molecule has 9 heteroatoms. The first-order valence-corrected chi connectivity index (χ1v) is 14.3. The van der Waals surface area contributed by atoms with Crippen LogP contribution in [0.15, 0.2) is 119 Å². The molecule has 2 heterocycles. The summed E-state index contributed by atoms with van der Waals surface area (Å²) in [5, 5.41) is 0. The number of ether oxygens (including phenoxy) is 1. The van der Waals surface area contributed by atoms with Crippen molar-refractivity contribution in [1.82, 2.24) is 14.3 Å². The Morgan fingerprint density at radius 2 is 1.57 bits per heavy atom. The molecule has 0 fully saturated rings. The summed E-state index contributed by atoms with van der Waals surface area (Å²) in [6, 6.07) is 27.9. The first-order chi connectivity index (χ1) is 19.4. The van der Waals surface area contributed by atoms with Crippen molar-refractivity contribution in [2.45, 2.75) is 30.7 Å². The van der Waals surface area contributed by atoms with Crippen LogP contribution in [0.2, 0.25) is 0 Å². The van der Waals surface area contributed by atoms with Crippen molar-refractivity contribution in [2.75, 3.05) is 6.61 Å². The van der Waals surface area contributed by atoms with Gasteiger partial charge in [0.25, 0.3) is 15.9 Å². The van der Waals surface area contributed by atoms with E-state index in [1.165, 1.54) is 12.1 Å². The monoisotopic (exact) mass is 555 g/mol. The molecule has 8 nitrogen and oxygen atoms in total. The Bertz CT molecular complexity index is 1650. The smallest absolute Gasteiger partial charge is 0.264 e. The largest absolute Gasteiger partial charge is 0.493 e. The predicted octanol–water partition coefficient (Wildman–Crippen LogP) is 5.36. The van der Waals surface area contributed by atoms with Crippen LogP contribution in [0.5, 0.6) is 5.75 Å². The normalized spacial score (nSPS) is 12.1. The summed E-state index contributed by atoms with van der Waals surface area (Å²) in [4.78, 5) is 17.8. The van der Waals surface area contributed by atoms with E-state index < -0.39 is 22.0 Å². The number of rotatable bonds is 11. The van der Waals surface area contributed by atoms with Crippen LogP contribution in [0, 0.1) is 6.92 Å². The van der Waals surface area contributed by atoms with Crippen molar-refractivity contribution in [1.29, 1.82) is 0 Å². The Hall–Kier alpha value is -4.63. The van der Waals surface area contributed by atoms with Crippen LogP contribution in [-0.4, -0.2) is 30.5 Å². The highest BCUT2D eigenvalue weighted by atomic mass is 32.2. The summed E-state index contributed by atoms with van der Waals surface area (Å²) < 4.78 is 41.2. The van der Waals surface area contributed by atoms with E-state index in [0.29, 0.717) is 31.1 Å². The van der Waals surface area contributed by atoms with Gasteiger partial charge in [-0.2, -0.15) is 0 Å². The van der Waals surface area contributed by atoms with E-state index in [2.05, 4.69) is 9.71 Å². The number of benzene rings is 3. The van der Waals surface area contributed by atoms with Crippen molar-refractivity contribution in [3.05, 3.63) is 126 Å². The molecule has 1 amide bonds. The minimum Gasteiger partial charge on any atom is -0.493 e. The summed E-state index contributed by atoms with van der Waals surface area (Å²) in [6.45, 7) is 2.32. The van der Waals surface area contributed by atoms with Crippen molar-refractivity contribution in [2.24, 2.45) is 0 Å². The van der Waals surface area contributed by atoms with Crippen molar-refractivity contribution in [3.63, 3.8) is 0 Å². The van der Waals surface area contributed by atoms with Gasteiger partial charge in [0.2, 0.25) is 5.89 Å². The molecular formula is C31H29N3O5S. The lowest BCUT2D eigenvalue weighted by atomic mass is 10.1. The molecule has 1 N–H and O–H groups in total. The summed E-state index contributed by atoms with van der Waals surface area (Å²) in [5.74, 6) is 1.43. The minimum absolute atomic E-state index is 0.0354. The molecule has 0 aliphatic carbocycles. The summed E-state index contributed by atoms with van der Waals surface area (Å²) >= 11 is 0. The van der Waals surface area contributed by atoms with Crippen LogP contribution in [0.25, 0.3) is 11.5 Å². The molecule has 5 aromatic rings. The molecule has 0 bridgehead atoms. The molecule has 3 aromatic carbocycles. The molecule has 0 aliphatic rings. The Balaban J connectivity index is 1.21. The predicted molar refractivity (Wildman–Crippen MR) is 151 cm³/mol. The van der Waals surface area contributed by atoms with Crippen LogP contribution in [0.1, 0.15) is 23.1 Å². The van der Waals surface area contributed by atoms with Crippen LogP contribution >= 0.6 is 0 Å². The number of amides is 1. The Morgan fingerprint density at radius 3 is 2.25 bits per heavy atom. The van der Waals surface area contributed by atoms with E-state index in [0.717, 1.165) is 22.6 Å². The standard InChI is InChI=1S/C31H29N3O5S/c1-23-28(32-31(39-23)25-10-4-2-5-11-25)18-21-38-26-16-14-24(15-17-26)22-29(34-19-8-9-20-34)30(35)33-40(36,37)27-12-6-3-7-13-27/h2-17,19-20,29H,18,21-22H2,1H3,(H,33,35)/t29-/m1/s1. The SMILES string of the molecule is Cc1oc(-c2ccccc2)nc1CCOc1ccc(C[C@H](C(=O)NS(=O)(=O)c2ccccc2)n2cccc2)cc1. The third-order valence-electron chi connectivity index (χ3n) is 6.45. The number of nitrogens with zero attached hydrogens (tertiary/aromatic N) is 2. The maximum Gasteiger partial charge on any atom is 0.264 e. The number of oxazole rings is 1. The van der Waals surface area contributed by atoms with E-state index >= 15 is 0 Å². The van der Waals surface area contributed by atoms with Gasteiger partial charge in [0.05, 0.1) is 17.2 Å². The van der Waals surface area contributed by atoms with Gasteiger partial charge in [-0.05, 0) is 61.0 Å². The van der Waals surface area contributed by atoms with Gasteiger partial charge in [-0.15, -0.1) is 0 Å². The third-order valence-corrected chi connectivity index (χ3v) is 7.81. The second kappa shape index (κ2) is 12.0. The first kappa shape index (κ1) is 27.0. The Kier molecular flexibility index (Phi) is 8.12. The lowest BCUT2D eigenvalue weighted by molar-refractivity contribution is -0.122. The average Bonchev–Trinajstić information content (AvgIpc) is 3.63. The highest BCUT2D eigenvalue weighted by Crippen LogP contribution is 2.23. The molecule has 0 spiro atoms. The molecule has 204 valence electrons. The first-order valence-electron chi connectivity index (χ1n) is 12.9. The molecule has 0 aliphatic heterocycles. The van der Waals surface area contributed by atoms with E-state index in [1.54, 1.807) is 47.3 Å². The van der Waals surface area contributed by atoms with Gasteiger partial charge in [-0.25, -0.2) is 18.1 Å². The summed E-state index contributed by atoms with van der Waals surface area (Å²) in [7, 11) is -3.99. The molecule has 0 saturated carbocycles. The molecular weight excluding hydrogens is 526 g/mol. The highest BCUT2D eigenvalue weighted by molar-refractivity contribution is 7.90. The number of hydrogen-bond acceptors (Lipinski definition) is 6. The summed E-state index contributed by atoms with van der Waals surface area (Å²) in [5.41, 5.74) is 2.64. The van der Waals surface area contributed by atoms with Crippen LogP contribution < -0.4 is 9.46 Å². The second-order valence-electron chi connectivity index (χ2n) is 9.26. The van der Waals surface area contributed by atoms with Gasteiger partial charge >= 0.3 is 0 Å². The molecule has 40 heavy (non-hydrogen) atoms. The van der Waals surface area contributed by atoms with Crippen LogP contribution in [0.4, 0.5) is 0 Å². The van der Waals surface area contributed by atoms with Crippen LogP contribution in [0.3, 0.4) is 0 Å². The average molecular weight is 556 g/mol. The molecule has 0 unspecified atom stereocenters. The van der Waals surface area contributed by atoms with E-state index in [9.17, 15) is 13.2 Å². The van der Waals surface area contributed by atoms with E-state index in [4.69, 9.17) is 9.15 Å². The van der Waals surface area contributed by atoms with E-state index in [1.807, 2.05) is 61.5 Å². The number of sulfonamides is 1. The second-order valence-corrected chi connectivity index (χ2v) is 10.9. The lowest BCUT2D eigenvalue weighted by Crippen LogP contribution is -2.37. The Morgan fingerprint density at radius 1 is 0.925 bits per heavy atom. The maximum atomic E-state index is 13.1. The minimum atomic E-state index is -3.99. The summed E-state index contributed by atoms with van der Waals surface area (Å²) in [6.07, 6.45) is 4.37. The van der Waals surface area contributed by atoms with Gasteiger partial charge in [0.1, 0.15) is 17.6 Å². The Labute approximate surface area is 233 Å². The number of carbonyl (C=O) groups is 1. The van der Waals surface area contributed by atoms with Gasteiger partial charge < -0.3 is 13.7 Å². The zero-order valence-corrected chi connectivity index (χ0v) is 22.8. The van der Waals surface area contributed by atoms with Crippen molar-refractivity contribution >= 4 is 15.9 Å². The molecule has 2 aromatic heterocycles. The maximum absolute atomic E-state index is 13.1. The highest BCUT2D eigenvalue weighted by Gasteiger charge is 2.26. The van der Waals surface area contributed by atoms with E-state index in [-0.39, 0.29) is 4.90 Å². The van der Waals surface area contributed by atoms with Gasteiger partial charge in [-0.3, -0.25) is 4.79 Å². The van der Waals surface area contributed by atoms with Crippen molar-refractivity contribution < 1.29 is 22.4 Å². The topological polar surface area (TPSA) is 103 Å². The molecule has 5 rings (SSSR count).